The predicted octanol–water partition coefficient (Wildman–Crippen LogP) is 1.75. The smallest absolute Gasteiger partial charge is 0.338 e. The van der Waals surface area contributed by atoms with Crippen molar-refractivity contribution in [3.05, 3.63) is 63.0 Å². The minimum Gasteiger partial charge on any atom is -0.481 e. The zero-order valence-corrected chi connectivity index (χ0v) is 25.0. The molecule has 3 N–H and O–H groups in total. The summed E-state index contributed by atoms with van der Waals surface area (Å²) >= 11 is 1.36. The van der Waals surface area contributed by atoms with E-state index in [-0.39, 0.29) is 30.3 Å². The van der Waals surface area contributed by atoms with Gasteiger partial charge >= 0.3 is 11.9 Å². The van der Waals surface area contributed by atoms with E-state index in [0.29, 0.717) is 54.8 Å². The van der Waals surface area contributed by atoms with Gasteiger partial charge in [0.1, 0.15) is 11.9 Å². The number of aliphatic hydroxyl groups excluding tert-OH is 1. The Morgan fingerprint density at radius 1 is 1.30 bits per heavy atom. The summed E-state index contributed by atoms with van der Waals surface area (Å²) in [7, 11) is 0. The van der Waals surface area contributed by atoms with Crippen molar-refractivity contribution in [3.63, 3.8) is 0 Å². The van der Waals surface area contributed by atoms with Crippen LogP contribution in [0.3, 0.4) is 0 Å². The summed E-state index contributed by atoms with van der Waals surface area (Å²) in [4.78, 5) is 40.2. The first kappa shape index (κ1) is 30.7. The van der Waals surface area contributed by atoms with Gasteiger partial charge in [-0.2, -0.15) is 5.26 Å². The number of nitriles is 1. The van der Waals surface area contributed by atoms with Gasteiger partial charge < -0.3 is 20.3 Å². The zero-order valence-electron chi connectivity index (χ0n) is 24.2. The Morgan fingerprint density at radius 2 is 2.09 bits per heavy atom. The lowest BCUT2D eigenvalue weighted by Gasteiger charge is -2.39. The Bertz CT molecular complexity index is 1490. The number of aliphatic carboxylic acids is 1. The lowest BCUT2D eigenvalue weighted by molar-refractivity contribution is -0.150. The molecular formula is C29H34FN7O5S. The van der Waals surface area contributed by atoms with E-state index in [4.69, 9.17) is 9.73 Å². The van der Waals surface area contributed by atoms with Gasteiger partial charge in [0.15, 0.2) is 17.2 Å². The number of piperazine rings is 1. The highest BCUT2D eigenvalue weighted by molar-refractivity contribution is 7.11. The summed E-state index contributed by atoms with van der Waals surface area (Å²) in [5, 5.41) is 36.1. The molecule has 0 aliphatic carbocycles. The van der Waals surface area contributed by atoms with Gasteiger partial charge in [-0.25, -0.2) is 14.2 Å². The Morgan fingerprint density at radius 3 is 2.77 bits per heavy atom. The number of aliphatic imine (C=N–C) groups is 1. The van der Waals surface area contributed by atoms with Crippen molar-refractivity contribution in [2.24, 2.45) is 10.4 Å². The zero-order chi connectivity index (χ0) is 30.9. The molecule has 0 saturated carbocycles. The normalized spacial score (nSPS) is 23.3. The van der Waals surface area contributed by atoms with Gasteiger partial charge in [0.2, 0.25) is 0 Å². The van der Waals surface area contributed by atoms with Crippen LogP contribution in [0, 0.1) is 22.6 Å². The summed E-state index contributed by atoms with van der Waals surface area (Å²) < 4.78 is 19.5. The van der Waals surface area contributed by atoms with E-state index < -0.39 is 35.6 Å². The number of amidine groups is 1. The highest BCUT2D eigenvalue weighted by Gasteiger charge is 2.45. The number of ether oxygens (including phenoxy) is 1. The number of carboxylic acid groups (broad SMARTS) is 1. The number of carbonyl (C=O) groups is 2. The molecular weight excluding hydrogens is 577 g/mol. The number of carbonyl (C=O) groups excluding carboxylic acids is 1. The van der Waals surface area contributed by atoms with E-state index in [9.17, 15) is 29.5 Å². The summed E-state index contributed by atoms with van der Waals surface area (Å²) in [5.41, 5.74) is 0.175. The average molecular weight is 612 g/mol. The van der Waals surface area contributed by atoms with Crippen molar-refractivity contribution in [1.82, 2.24) is 25.0 Å². The van der Waals surface area contributed by atoms with Crippen molar-refractivity contribution < 1.29 is 28.9 Å². The first-order valence-electron chi connectivity index (χ1n) is 14.0. The maximum atomic E-state index is 14.1. The van der Waals surface area contributed by atoms with Crippen molar-refractivity contribution in [2.45, 2.75) is 39.2 Å². The van der Waals surface area contributed by atoms with E-state index in [1.54, 1.807) is 37.2 Å². The topological polar surface area (TPSA) is 155 Å². The van der Waals surface area contributed by atoms with Crippen LogP contribution in [-0.4, -0.2) is 106 Å². The van der Waals surface area contributed by atoms with Gasteiger partial charge in [-0.3, -0.25) is 24.5 Å². The first-order valence-corrected chi connectivity index (χ1v) is 14.9. The third-order valence-electron chi connectivity index (χ3n) is 7.93. The SMILES string of the molecule is CCOC(=O)C1=C(CN2CCN3C(O)N(CC(C)(C)C(=O)O)C[C@@H]3C2)NC(c2nccs2)=NC1c1ccc(F)cc1C#N. The molecule has 12 nitrogen and oxygen atoms in total. The molecule has 0 amide bonds. The number of hydrogen-bond donors (Lipinski definition) is 3. The van der Waals surface area contributed by atoms with Crippen LogP contribution in [0.15, 0.2) is 46.0 Å². The number of halogens is 1. The van der Waals surface area contributed by atoms with Crippen LogP contribution in [0.25, 0.3) is 0 Å². The molecule has 4 heterocycles. The van der Waals surface area contributed by atoms with Crippen LogP contribution in [0.1, 0.15) is 42.9 Å². The quantitative estimate of drug-likeness (QED) is 0.355. The van der Waals surface area contributed by atoms with Crippen LogP contribution < -0.4 is 5.32 Å². The summed E-state index contributed by atoms with van der Waals surface area (Å²) in [6.07, 6.45) is 0.758. The summed E-state index contributed by atoms with van der Waals surface area (Å²) in [5.74, 6) is -1.67. The number of thiazole rings is 1. The Labute approximate surface area is 252 Å². The Hall–Kier alpha value is -3.74. The number of carboxylic acids is 1. The highest BCUT2D eigenvalue weighted by atomic mass is 32.1. The predicted molar refractivity (Wildman–Crippen MR) is 155 cm³/mol. The number of nitrogens with one attached hydrogen (secondary N) is 1. The molecule has 0 bridgehead atoms. The second-order valence-electron chi connectivity index (χ2n) is 11.4. The molecule has 0 radical (unpaired) electrons. The Balaban J connectivity index is 1.47. The molecule has 228 valence electrons. The first-order chi connectivity index (χ1) is 20.5. The molecule has 2 aromatic rings. The molecule has 3 aliphatic rings. The number of aromatic nitrogens is 1. The second kappa shape index (κ2) is 12.5. The minimum atomic E-state index is -1.02. The van der Waals surface area contributed by atoms with Gasteiger partial charge in [0.25, 0.3) is 0 Å². The van der Waals surface area contributed by atoms with E-state index in [1.165, 1.54) is 23.5 Å². The third-order valence-corrected chi connectivity index (χ3v) is 8.71. The van der Waals surface area contributed by atoms with E-state index in [1.807, 2.05) is 11.0 Å². The Kier molecular flexibility index (Phi) is 8.91. The van der Waals surface area contributed by atoms with Crippen molar-refractivity contribution in [3.8, 4) is 6.07 Å². The molecule has 1 aromatic heterocycles. The van der Waals surface area contributed by atoms with E-state index >= 15 is 0 Å². The molecule has 1 aromatic carbocycles. The number of fused-ring (bicyclic) bond motifs is 1. The molecule has 3 aliphatic heterocycles. The molecule has 14 heteroatoms. The standard InChI is InChI=1S/C29H34FN7O5S/c1-4-42-26(38)22-21(15-35-8-9-37-19(13-35)14-36(28(37)41)16-29(2,3)27(39)40)33-24(25-32-7-10-43-25)34-23(22)20-6-5-18(30)11-17(20)12-31/h5-7,10-11,19,23,28,41H,4,8-9,13-16H2,1-3H3,(H,33,34)(H,39,40)/t19-,23?,28?/m0/s1. The number of rotatable bonds is 9. The number of aliphatic hydroxyl groups is 1. The van der Waals surface area contributed by atoms with Crippen LogP contribution in [-0.2, 0) is 14.3 Å². The molecule has 5 rings (SSSR count). The van der Waals surface area contributed by atoms with Crippen molar-refractivity contribution in [2.75, 3.05) is 45.9 Å². The van der Waals surface area contributed by atoms with Gasteiger partial charge in [0, 0.05) is 62.6 Å². The molecule has 43 heavy (non-hydrogen) atoms. The van der Waals surface area contributed by atoms with Gasteiger partial charge in [-0.05, 0) is 38.5 Å². The van der Waals surface area contributed by atoms with Crippen molar-refractivity contribution >= 4 is 29.1 Å². The molecule has 2 fully saturated rings. The van der Waals surface area contributed by atoms with E-state index in [0.717, 1.165) is 6.07 Å². The van der Waals surface area contributed by atoms with Gasteiger partial charge in [-0.15, -0.1) is 11.3 Å². The monoisotopic (exact) mass is 611 g/mol. The average Bonchev–Trinajstić information content (AvgIpc) is 3.61. The maximum absolute atomic E-state index is 14.1. The highest BCUT2D eigenvalue weighted by Crippen LogP contribution is 2.36. The second-order valence-corrected chi connectivity index (χ2v) is 12.3. The number of esters is 1. The summed E-state index contributed by atoms with van der Waals surface area (Å²) in [6, 6.07) is 4.86. The van der Waals surface area contributed by atoms with E-state index in [2.05, 4.69) is 15.2 Å². The van der Waals surface area contributed by atoms with Crippen molar-refractivity contribution in [1.29, 1.82) is 5.26 Å². The molecule has 0 spiro atoms. The fraction of sp³-hybridized carbons (Fsp3) is 0.483. The molecule has 3 atom stereocenters. The third kappa shape index (κ3) is 6.31. The minimum absolute atomic E-state index is 0.0613. The van der Waals surface area contributed by atoms with Gasteiger partial charge in [-0.1, -0.05) is 6.07 Å². The largest absolute Gasteiger partial charge is 0.481 e. The van der Waals surface area contributed by atoms with Crippen LogP contribution in [0.5, 0.6) is 0 Å². The summed E-state index contributed by atoms with van der Waals surface area (Å²) in [6.45, 7) is 7.75. The maximum Gasteiger partial charge on any atom is 0.338 e. The van der Waals surface area contributed by atoms with Crippen LogP contribution in [0.2, 0.25) is 0 Å². The van der Waals surface area contributed by atoms with Gasteiger partial charge in [0.05, 0.1) is 29.2 Å². The lowest BCUT2D eigenvalue weighted by atomic mass is 9.92. The fourth-order valence-corrected chi connectivity index (χ4v) is 6.36. The molecule has 2 saturated heterocycles. The number of nitrogens with zero attached hydrogens (tertiary/aromatic N) is 6. The fourth-order valence-electron chi connectivity index (χ4n) is 5.77. The molecule has 2 unspecified atom stereocenters. The number of benzene rings is 1. The van der Waals surface area contributed by atoms with Crippen LogP contribution >= 0.6 is 11.3 Å². The lowest BCUT2D eigenvalue weighted by Crippen LogP contribution is -2.54. The van der Waals surface area contributed by atoms with Crippen LogP contribution in [0.4, 0.5) is 4.39 Å². The number of hydrogen-bond acceptors (Lipinski definition) is 12.